The van der Waals surface area contributed by atoms with E-state index in [1.54, 1.807) is 26.8 Å². The van der Waals surface area contributed by atoms with Crippen LogP contribution in [0.4, 0.5) is 10.1 Å². The summed E-state index contributed by atoms with van der Waals surface area (Å²) in [4.78, 5) is 33.4. The van der Waals surface area contributed by atoms with E-state index in [2.05, 4.69) is 25.9 Å². The number of halogens is 1. The van der Waals surface area contributed by atoms with Gasteiger partial charge >= 0.3 is 5.97 Å². The zero-order chi connectivity index (χ0) is 30.2. The maximum atomic E-state index is 14.6. The number of alkyl halides is 1. The quantitative estimate of drug-likeness (QED) is 0.308. The van der Waals surface area contributed by atoms with Gasteiger partial charge in [0.15, 0.2) is 11.4 Å². The molecule has 0 saturated heterocycles. The van der Waals surface area contributed by atoms with Gasteiger partial charge in [-0.25, -0.2) is 9.18 Å². The average Bonchev–Trinajstić information content (AvgIpc) is 3.43. The lowest BCUT2D eigenvalue weighted by molar-refractivity contribution is -0.211. The largest absolute Gasteiger partial charge is 0.476 e. The van der Waals surface area contributed by atoms with Gasteiger partial charge in [-0.05, 0) is 96.1 Å². The number of carbonyl (C=O) groups excluding carboxylic acids is 2. The number of aromatic nitrogens is 2. The number of hydrogen-bond donors (Lipinski definition) is 0. The molecule has 0 aliphatic heterocycles. The van der Waals surface area contributed by atoms with Gasteiger partial charge in [0, 0.05) is 29.1 Å². The molecule has 1 amide bonds. The topological polar surface area (TPSA) is 94.8 Å². The zero-order valence-electron chi connectivity index (χ0n) is 25.8. The molecular formula is C33H44FN3O5. The summed E-state index contributed by atoms with van der Waals surface area (Å²) in [5.41, 5.74) is -2.54. The van der Waals surface area contributed by atoms with Crippen molar-refractivity contribution in [2.75, 3.05) is 18.1 Å². The van der Waals surface area contributed by atoms with Crippen LogP contribution in [0.3, 0.4) is 0 Å². The van der Waals surface area contributed by atoms with E-state index < -0.39 is 22.7 Å². The van der Waals surface area contributed by atoms with Gasteiger partial charge in [0.2, 0.25) is 11.8 Å². The highest BCUT2D eigenvalue weighted by atomic mass is 19.1. The van der Waals surface area contributed by atoms with E-state index in [1.807, 2.05) is 23.1 Å². The summed E-state index contributed by atoms with van der Waals surface area (Å²) in [5.74, 6) is 1.54. The monoisotopic (exact) mass is 581 g/mol. The summed E-state index contributed by atoms with van der Waals surface area (Å²) in [6.45, 7) is 12.2. The highest BCUT2D eigenvalue weighted by Gasteiger charge is 2.73. The standard InChI is InChI=1S/C33H44FN3O5/c1-7-40-27(39)29(5,6)41-23-10-8-9-22(17-23)37(26(38)32-18-33(34,19-32)20-32)21-30-11-14-31(15-12-30,16-13-30)24-35-25(42-36-24)28(2,3)4/h8-10,17H,7,11-16,18-21H2,1-6H3. The highest BCUT2D eigenvalue weighted by Crippen LogP contribution is 2.70. The summed E-state index contributed by atoms with van der Waals surface area (Å²) in [5, 5.41) is 4.43. The van der Waals surface area contributed by atoms with Crippen LogP contribution in [0, 0.1) is 10.8 Å². The molecule has 6 fully saturated rings. The summed E-state index contributed by atoms with van der Waals surface area (Å²) < 4.78 is 31.5. The molecule has 42 heavy (non-hydrogen) atoms. The van der Waals surface area contributed by atoms with Gasteiger partial charge in [-0.15, -0.1) is 0 Å². The highest BCUT2D eigenvalue weighted by molar-refractivity contribution is 6.00. The third-order valence-corrected chi connectivity index (χ3v) is 10.4. The molecule has 0 spiro atoms. The molecule has 0 atom stereocenters. The number of anilines is 1. The molecular weight excluding hydrogens is 537 g/mol. The van der Waals surface area contributed by atoms with Crippen LogP contribution in [0.15, 0.2) is 28.8 Å². The summed E-state index contributed by atoms with van der Waals surface area (Å²) in [6, 6.07) is 7.38. The predicted octanol–water partition coefficient (Wildman–Crippen LogP) is 6.61. The Labute approximate surface area is 247 Å². The second-order valence-electron chi connectivity index (χ2n) is 15.1. The Bertz CT molecular complexity index is 1350. The SMILES string of the molecule is CCOC(=O)C(C)(C)Oc1cccc(N(CC23CCC(c4noc(C(C)(C)C)n4)(CC2)CC3)C(=O)C23CC(F)(C2)C3)c1. The lowest BCUT2D eigenvalue weighted by Gasteiger charge is -2.65. The fourth-order valence-corrected chi connectivity index (χ4v) is 7.73. The van der Waals surface area contributed by atoms with Crippen molar-refractivity contribution in [3.63, 3.8) is 0 Å². The molecule has 9 heteroatoms. The van der Waals surface area contributed by atoms with Crippen LogP contribution in [0.5, 0.6) is 5.75 Å². The molecule has 6 saturated carbocycles. The minimum absolute atomic E-state index is 0.00796. The lowest BCUT2D eigenvalue weighted by Crippen LogP contribution is -2.71. The van der Waals surface area contributed by atoms with Crippen molar-refractivity contribution in [2.45, 2.75) is 121 Å². The van der Waals surface area contributed by atoms with Crippen LogP contribution < -0.4 is 9.64 Å². The number of rotatable bonds is 9. The number of amides is 1. The van der Waals surface area contributed by atoms with E-state index >= 15 is 0 Å². The molecule has 228 valence electrons. The fourth-order valence-electron chi connectivity index (χ4n) is 7.73. The summed E-state index contributed by atoms with van der Waals surface area (Å²) in [6.07, 6.45) is 6.67. The van der Waals surface area contributed by atoms with Crippen LogP contribution in [-0.2, 0) is 25.2 Å². The number of hydrogen-bond acceptors (Lipinski definition) is 7. The molecule has 1 aromatic heterocycles. The Morgan fingerprint density at radius 2 is 1.67 bits per heavy atom. The normalized spacial score (nSPS) is 31.6. The molecule has 6 aliphatic carbocycles. The molecule has 1 heterocycles. The van der Waals surface area contributed by atoms with E-state index in [1.165, 1.54) is 0 Å². The molecule has 0 unspecified atom stereocenters. The van der Waals surface area contributed by atoms with Crippen molar-refractivity contribution in [3.05, 3.63) is 36.0 Å². The smallest absolute Gasteiger partial charge is 0.349 e. The molecule has 0 N–H and O–H groups in total. The molecule has 8 rings (SSSR count). The van der Waals surface area contributed by atoms with Crippen molar-refractivity contribution in [2.24, 2.45) is 10.8 Å². The van der Waals surface area contributed by atoms with Gasteiger partial charge in [0.25, 0.3) is 0 Å². The lowest BCUT2D eigenvalue weighted by atomic mass is 9.41. The maximum absolute atomic E-state index is 14.6. The molecule has 0 radical (unpaired) electrons. The Kier molecular flexibility index (Phi) is 6.60. The van der Waals surface area contributed by atoms with Gasteiger partial charge in [0.1, 0.15) is 11.4 Å². The van der Waals surface area contributed by atoms with Crippen molar-refractivity contribution in [1.82, 2.24) is 10.1 Å². The Hall–Kier alpha value is -2.97. The third kappa shape index (κ3) is 4.80. The first-order valence-electron chi connectivity index (χ1n) is 15.4. The minimum atomic E-state index is -1.19. The van der Waals surface area contributed by atoms with Gasteiger partial charge in [-0.2, -0.15) is 4.98 Å². The molecule has 8 nitrogen and oxygen atoms in total. The third-order valence-electron chi connectivity index (χ3n) is 10.4. The summed E-state index contributed by atoms with van der Waals surface area (Å²) in [7, 11) is 0. The van der Waals surface area contributed by atoms with Crippen LogP contribution in [0.1, 0.15) is 111 Å². The van der Waals surface area contributed by atoms with Crippen LogP contribution in [0.25, 0.3) is 0 Å². The first-order valence-corrected chi connectivity index (χ1v) is 15.4. The first-order chi connectivity index (χ1) is 19.6. The minimum Gasteiger partial charge on any atom is -0.476 e. The van der Waals surface area contributed by atoms with Crippen molar-refractivity contribution < 1.29 is 28.0 Å². The number of nitrogens with zero attached hydrogens (tertiary/aromatic N) is 3. The van der Waals surface area contributed by atoms with Gasteiger partial charge in [0.05, 0.1) is 12.0 Å². The van der Waals surface area contributed by atoms with Gasteiger partial charge in [-0.1, -0.05) is 32.0 Å². The number of ether oxygens (including phenoxy) is 2. The molecule has 6 aliphatic rings. The van der Waals surface area contributed by atoms with E-state index in [0.717, 1.165) is 50.0 Å². The van der Waals surface area contributed by atoms with Crippen molar-refractivity contribution in [1.29, 1.82) is 0 Å². The van der Waals surface area contributed by atoms with Crippen LogP contribution in [0.2, 0.25) is 0 Å². The second-order valence-corrected chi connectivity index (χ2v) is 15.1. The van der Waals surface area contributed by atoms with E-state index in [-0.39, 0.29) is 28.8 Å². The molecule has 2 aromatic rings. The molecule has 4 bridgehead atoms. The Balaban J connectivity index is 1.24. The van der Waals surface area contributed by atoms with E-state index in [9.17, 15) is 14.0 Å². The van der Waals surface area contributed by atoms with E-state index in [4.69, 9.17) is 19.0 Å². The zero-order valence-corrected chi connectivity index (χ0v) is 25.8. The number of fused-ring (bicyclic) bond motifs is 3. The predicted molar refractivity (Wildman–Crippen MR) is 155 cm³/mol. The van der Waals surface area contributed by atoms with E-state index in [0.29, 0.717) is 37.4 Å². The Morgan fingerprint density at radius 1 is 1.02 bits per heavy atom. The second kappa shape index (κ2) is 9.52. The fraction of sp³-hybridized carbons (Fsp3) is 0.697. The first kappa shape index (κ1) is 29.1. The van der Waals surface area contributed by atoms with Crippen molar-refractivity contribution in [3.8, 4) is 5.75 Å². The average molecular weight is 582 g/mol. The van der Waals surface area contributed by atoms with Gasteiger partial charge in [-0.3, -0.25) is 4.79 Å². The summed E-state index contributed by atoms with van der Waals surface area (Å²) >= 11 is 0. The maximum Gasteiger partial charge on any atom is 0.349 e. The number of carbonyl (C=O) groups is 2. The van der Waals surface area contributed by atoms with Crippen LogP contribution >= 0.6 is 0 Å². The Morgan fingerprint density at radius 3 is 2.21 bits per heavy atom. The van der Waals surface area contributed by atoms with Crippen molar-refractivity contribution >= 4 is 17.6 Å². The van der Waals surface area contributed by atoms with Gasteiger partial charge < -0.3 is 18.9 Å². The van der Waals surface area contributed by atoms with Crippen LogP contribution in [-0.4, -0.2) is 46.4 Å². The number of benzene rings is 1. The molecule has 1 aromatic carbocycles. The number of esters is 1.